The van der Waals surface area contributed by atoms with Crippen LogP contribution in [-0.2, 0) is 11.8 Å². The molecule has 4 rings (SSSR count). The van der Waals surface area contributed by atoms with Crippen molar-refractivity contribution >= 4 is 23.9 Å². The van der Waals surface area contributed by atoms with Crippen molar-refractivity contribution in [2.24, 2.45) is 7.05 Å². The van der Waals surface area contributed by atoms with Crippen LogP contribution in [0, 0.1) is 0 Å². The molecule has 4 heterocycles. The molecule has 2 saturated heterocycles. The maximum atomic E-state index is 11.2. The number of piperazine rings is 1. The Labute approximate surface area is 134 Å². The molecule has 0 aromatic carbocycles. The van der Waals surface area contributed by atoms with Crippen molar-refractivity contribution in [3.05, 3.63) is 24.7 Å². The molecule has 8 nitrogen and oxygen atoms in total. The molecule has 120 valence electrons. The highest BCUT2D eigenvalue weighted by Gasteiger charge is 2.39. The molecular weight excluding hydrogens is 294 g/mol. The van der Waals surface area contributed by atoms with Crippen molar-refractivity contribution in [3.63, 3.8) is 0 Å². The van der Waals surface area contributed by atoms with Crippen LogP contribution in [0.2, 0.25) is 0 Å². The third-order valence-electron chi connectivity index (χ3n) is 4.59. The number of amides is 1. The van der Waals surface area contributed by atoms with Gasteiger partial charge in [0.25, 0.3) is 0 Å². The molecule has 1 N–H and O–H groups in total. The van der Waals surface area contributed by atoms with Crippen LogP contribution >= 0.6 is 0 Å². The number of hydrogen-bond donors (Lipinski definition) is 1. The van der Waals surface area contributed by atoms with Gasteiger partial charge in [-0.3, -0.25) is 9.48 Å². The first-order valence-corrected chi connectivity index (χ1v) is 7.79. The van der Waals surface area contributed by atoms with Crippen molar-refractivity contribution in [2.45, 2.75) is 24.9 Å². The molecule has 23 heavy (non-hydrogen) atoms. The van der Waals surface area contributed by atoms with Gasteiger partial charge in [0.1, 0.15) is 5.82 Å². The quantitative estimate of drug-likeness (QED) is 0.840. The Morgan fingerprint density at radius 1 is 1.30 bits per heavy atom. The van der Waals surface area contributed by atoms with Crippen LogP contribution in [0.1, 0.15) is 12.8 Å². The van der Waals surface area contributed by atoms with Gasteiger partial charge in [0, 0.05) is 44.6 Å². The standard InChI is InChI=1S/C15H19N7O/c1-20-7-11(6-17-20)18-15-16-5-4-14(19-15)21-8-12-2-3-13(9-21)22(12)10-23/h4-7,10,12-13H,2-3,8-9H2,1H3,(H,16,18,19)/t12-,13?/m0/s1. The Hall–Kier alpha value is -2.64. The summed E-state index contributed by atoms with van der Waals surface area (Å²) in [7, 11) is 1.87. The summed E-state index contributed by atoms with van der Waals surface area (Å²) in [6.07, 6.45) is 8.51. The zero-order chi connectivity index (χ0) is 15.8. The fraction of sp³-hybridized carbons (Fsp3) is 0.467. The molecule has 8 heteroatoms. The lowest BCUT2D eigenvalue weighted by molar-refractivity contribution is -0.121. The van der Waals surface area contributed by atoms with E-state index in [1.807, 2.05) is 24.2 Å². The van der Waals surface area contributed by atoms with Crippen molar-refractivity contribution in [1.82, 2.24) is 24.6 Å². The number of nitrogens with one attached hydrogen (secondary N) is 1. The van der Waals surface area contributed by atoms with Crippen LogP contribution in [0.5, 0.6) is 0 Å². The SMILES string of the molecule is Cn1cc(Nc2nccc(N3CC4CC[C@@H](C3)N4C=O)n2)cn1. The molecule has 0 radical (unpaired) electrons. The van der Waals surface area contributed by atoms with Gasteiger partial charge >= 0.3 is 0 Å². The zero-order valence-electron chi connectivity index (χ0n) is 13.0. The summed E-state index contributed by atoms with van der Waals surface area (Å²) in [6.45, 7) is 1.66. The Morgan fingerprint density at radius 3 is 2.74 bits per heavy atom. The lowest BCUT2D eigenvalue weighted by atomic mass is 10.2. The second-order valence-electron chi connectivity index (χ2n) is 6.11. The number of fused-ring (bicyclic) bond motifs is 2. The van der Waals surface area contributed by atoms with E-state index in [0.29, 0.717) is 18.0 Å². The van der Waals surface area contributed by atoms with Crippen LogP contribution < -0.4 is 10.2 Å². The maximum Gasteiger partial charge on any atom is 0.229 e. The van der Waals surface area contributed by atoms with Crippen LogP contribution in [0.25, 0.3) is 0 Å². The molecule has 1 unspecified atom stereocenters. The first kappa shape index (κ1) is 14.0. The van der Waals surface area contributed by atoms with Gasteiger partial charge in [0.05, 0.1) is 11.9 Å². The Morgan fingerprint density at radius 2 is 2.09 bits per heavy atom. The number of aryl methyl sites for hydroxylation is 1. The lowest BCUT2D eigenvalue weighted by Gasteiger charge is -2.39. The normalized spacial score (nSPS) is 23.2. The Kier molecular flexibility index (Phi) is 3.36. The second kappa shape index (κ2) is 5.53. The molecule has 0 saturated carbocycles. The zero-order valence-corrected chi connectivity index (χ0v) is 13.0. The van der Waals surface area contributed by atoms with Crippen molar-refractivity contribution in [2.75, 3.05) is 23.3 Å². The van der Waals surface area contributed by atoms with Crippen LogP contribution in [0.4, 0.5) is 17.5 Å². The minimum absolute atomic E-state index is 0.302. The van der Waals surface area contributed by atoms with Gasteiger partial charge in [-0.2, -0.15) is 10.1 Å². The molecule has 2 bridgehead atoms. The summed E-state index contributed by atoms with van der Waals surface area (Å²) >= 11 is 0. The van der Waals surface area contributed by atoms with Gasteiger partial charge in [-0.1, -0.05) is 0 Å². The van der Waals surface area contributed by atoms with E-state index in [2.05, 4.69) is 25.3 Å². The summed E-state index contributed by atoms with van der Waals surface area (Å²) in [5.41, 5.74) is 0.857. The molecule has 0 spiro atoms. The summed E-state index contributed by atoms with van der Waals surface area (Å²) in [5, 5.41) is 7.28. The number of rotatable bonds is 4. The summed E-state index contributed by atoms with van der Waals surface area (Å²) in [6, 6.07) is 2.52. The van der Waals surface area contributed by atoms with Crippen LogP contribution in [-0.4, -0.2) is 56.2 Å². The Balaban J connectivity index is 1.52. The smallest absolute Gasteiger partial charge is 0.229 e. The van der Waals surface area contributed by atoms with Gasteiger partial charge in [0.15, 0.2) is 0 Å². The number of aromatic nitrogens is 4. The molecule has 2 aliphatic rings. The van der Waals surface area contributed by atoms with E-state index in [-0.39, 0.29) is 0 Å². The largest absolute Gasteiger partial charge is 0.352 e. The molecule has 2 atom stereocenters. The van der Waals surface area contributed by atoms with E-state index in [9.17, 15) is 4.79 Å². The van der Waals surface area contributed by atoms with E-state index in [1.54, 1.807) is 17.1 Å². The summed E-state index contributed by atoms with van der Waals surface area (Å²) in [5.74, 6) is 1.45. The monoisotopic (exact) mass is 313 g/mol. The predicted molar refractivity (Wildman–Crippen MR) is 85.4 cm³/mol. The third-order valence-corrected chi connectivity index (χ3v) is 4.59. The van der Waals surface area contributed by atoms with E-state index < -0.39 is 0 Å². The van der Waals surface area contributed by atoms with Gasteiger partial charge in [-0.25, -0.2) is 4.98 Å². The molecule has 2 aromatic heterocycles. The molecular formula is C15H19N7O. The number of carbonyl (C=O) groups is 1. The first-order chi connectivity index (χ1) is 11.2. The van der Waals surface area contributed by atoms with E-state index >= 15 is 0 Å². The molecule has 0 aliphatic carbocycles. The molecule has 2 aromatic rings. The average molecular weight is 313 g/mol. The first-order valence-electron chi connectivity index (χ1n) is 7.79. The summed E-state index contributed by atoms with van der Waals surface area (Å²) < 4.78 is 1.72. The van der Waals surface area contributed by atoms with Crippen molar-refractivity contribution in [1.29, 1.82) is 0 Å². The number of anilines is 3. The minimum Gasteiger partial charge on any atom is -0.352 e. The highest BCUT2D eigenvalue weighted by atomic mass is 16.1. The van der Waals surface area contributed by atoms with Crippen molar-refractivity contribution in [3.8, 4) is 0 Å². The fourth-order valence-corrected chi connectivity index (χ4v) is 3.50. The number of nitrogens with zero attached hydrogens (tertiary/aromatic N) is 6. The Bertz CT molecular complexity index is 701. The van der Waals surface area contributed by atoms with Gasteiger partial charge in [-0.15, -0.1) is 0 Å². The highest BCUT2D eigenvalue weighted by Crippen LogP contribution is 2.31. The van der Waals surface area contributed by atoms with Gasteiger partial charge < -0.3 is 15.1 Å². The number of carbonyl (C=O) groups excluding carboxylic acids is 1. The molecule has 2 fully saturated rings. The highest BCUT2D eigenvalue weighted by molar-refractivity contribution is 5.55. The minimum atomic E-state index is 0.302. The van der Waals surface area contributed by atoms with Crippen molar-refractivity contribution < 1.29 is 4.79 Å². The summed E-state index contributed by atoms with van der Waals surface area (Å²) in [4.78, 5) is 24.3. The predicted octanol–water partition coefficient (Wildman–Crippen LogP) is 0.763. The topological polar surface area (TPSA) is 79.2 Å². The van der Waals surface area contributed by atoms with E-state index in [1.165, 1.54) is 0 Å². The molecule has 1 amide bonds. The third kappa shape index (κ3) is 2.60. The maximum absolute atomic E-state index is 11.2. The second-order valence-corrected chi connectivity index (χ2v) is 6.11. The average Bonchev–Trinajstić information content (AvgIpc) is 3.07. The van der Waals surface area contributed by atoms with E-state index in [0.717, 1.165) is 43.8 Å². The van der Waals surface area contributed by atoms with Gasteiger partial charge in [0.2, 0.25) is 12.4 Å². The van der Waals surface area contributed by atoms with Crippen LogP contribution in [0.3, 0.4) is 0 Å². The van der Waals surface area contributed by atoms with Gasteiger partial charge in [-0.05, 0) is 18.9 Å². The van der Waals surface area contributed by atoms with E-state index in [4.69, 9.17) is 0 Å². The van der Waals surface area contributed by atoms with Crippen LogP contribution in [0.15, 0.2) is 24.7 Å². The lowest BCUT2D eigenvalue weighted by Crippen LogP contribution is -2.53. The molecule has 2 aliphatic heterocycles. The fourth-order valence-electron chi connectivity index (χ4n) is 3.50. The number of hydrogen-bond acceptors (Lipinski definition) is 6.